The van der Waals surface area contributed by atoms with Crippen LogP contribution >= 0.6 is 0 Å². The third-order valence-corrected chi connectivity index (χ3v) is 15.5. The number of carbonyl (C=O) groups excluding carboxylic acids is 3. The molecule has 0 aliphatic carbocycles. The Hall–Kier alpha value is -3.67. The van der Waals surface area contributed by atoms with E-state index in [0.29, 0.717) is 19.3 Å². The molecule has 0 saturated heterocycles. The molecule has 0 amide bonds. The molecule has 0 fully saturated rings. The summed E-state index contributed by atoms with van der Waals surface area (Å²) in [6.45, 7) is 6.52. The van der Waals surface area contributed by atoms with Crippen LogP contribution in [-0.2, 0) is 28.6 Å². The van der Waals surface area contributed by atoms with Crippen molar-refractivity contribution in [3.63, 3.8) is 0 Å². The number of unbranched alkanes of at least 4 members (excludes halogenated alkanes) is 38. The molecule has 0 N–H and O–H groups in total. The minimum Gasteiger partial charge on any atom is -0.462 e. The maximum absolute atomic E-state index is 13.0. The lowest BCUT2D eigenvalue weighted by Gasteiger charge is -2.18. The monoisotopic (exact) mass is 1160 g/mol. The van der Waals surface area contributed by atoms with Gasteiger partial charge in [0.15, 0.2) is 6.10 Å². The van der Waals surface area contributed by atoms with E-state index in [9.17, 15) is 14.4 Å². The number of ether oxygens (including phenoxy) is 3. The van der Waals surface area contributed by atoms with Crippen LogP contribution < -0.4 is 0 Å². The lowest BCUT2D eigenvalue weighted by molar-refractivity contribution is -0.167. The summed E-state index contributed by atoms with van der Waals surface area (Å²) in [7, 11) is 0. The van der Waals surface area contributed by atoms with Crippen LogP contribution in [0.2, 0.25) is 0 Å². The van der Waals surface area contributed by atoms with E-state index >= 15 is 0 Å². The van der Waals surface area contributed by atoms with Gasteiger partial charge in [-0.05, 0) is 122 Å². The van der Waals surface area contributed by atoms with E-state index in [0.717, 1.165) is 116 Å². The van der Waals surface area contributed by atoms with Gasteiger partial charge in [-0.1, -0.05) is 311 Å². The van der Waals surface area contributed by atoms with Crippen LogP contribution in [0.4, 0.5) is 0 Å². The van der Waals surface area contributed by atoms with E-state index in [4.69, 9.17) is 14.2 Å². The molecule has 0 saturated carbocycles. The van der Waals surface area contributed by atoms with Gasteiger partial charge in [-0.15, -0.1) is 0 Å². The molecule has 0 aromatic heterocycles. The second kappa shape index (κ2) is 70.8. The Balaban J connectivity index is 4.35. The van der Waals surface area contributed by atoms with Crippen LogP contribution in [0.25, 0.3) is 0 Å². The predicted octanol–water partition coefficient (Wildman–Crippen LogP) is 24.8. The third-order valence-electron chi connectivity index (χ3n) is 15.5. The number of hydrogen-bond donors (Lipinski definition) is 0. The second-order valence-corrected chi connectivity index (χ2v) is 23.8. The standard InChI is InChI=1S/C77H134O6/c1-4-7-10-13-16-19-22-25-28-31-34-35-36-37-38-39-40-41-44-46-49-52-55-58-61-64-67-70-76(79)82-73-74(83-77(80)71-68-65-62-59-56-53-50-47-43-33-30-27-24-21-18-15-12-9-6-3)72-81-75(78)69-66-63-60-57-54-51-48-45-42-32-29-26-23-20-17-14-11-8-5-2/h9,12,17-18,20-21,26-27,29-31,34,42-43,45,47,74H,4-8,10-11,13-16,19,22-25,28,32-33,35-41,44,46,48-73H2,1-3H3/b12-9-,20-17-,21-18-,29-26-,30-27-,34-31-,45-42-,47-43-. The number of carbonyl (C=O) groups is 3. The fourth-order valence-electron chi connectivity index (χ4n) is 10.2. The highest BCUT2D eigenvalue weighted by atomic mass is 16.6. The molecule has 6 nitrogen and oxygen atoms in total. The smallest absolute Gasteiger partial charge is 0.306 e. The summed E-state index contributed by atoms with van der Waals surface area (Å²) in [6.07, 6.45) is 95.7. The van der Waals surface area contributed by atoms with E-state index in [-0.39, 0.29) is 31.1 Å². The molecular weight excluding hydrogens is 1020 g/mol. The number of allylic oxidation sites excluding steroid dienone is 16. The summed E-state index contributed by atoms with van der Waals surface area (Å²) < 4.78 is 17.0. The highest BCUT2D eigenvalue weighted by Crippen LogP contribution is 2.17. The molecule has 0 radical (unpaired) electrons. The Labute approximate surface area is 515 Å². The molecule has 0 aromatic carbocycles. The molecular formula is C77H134O6. The summed E-state index contributed by atoms with van der Waals surface area (Å²) in [4.78, 5) is 38.5. The first-order valence-corrected chi connectivity index (χ1v) is 35.7. The van der Waals surface area contributed by atoms with Gasteiger partial charge in [0.25, 0.3) is 0 Å². The quantitative estimate of drug-likeness (QED) is 0.0261. The fraction of sp³-hybridized carbons (Fsp3) is 0.753. The highest BCUT2D eigenvalue weighted by molar-refractivity contribution is 5.71. The zero-order chi connectivity index (χ0) is 59.9. The van der Waals surface area contributed by atoms with Crippen LogP contribution in [-0.4, -0.2) is 37.2 Å². The van der Waals surface area contributed by atoms with E-state index in [1.54, 1.807) is 0 Å². The lowest BCUT2D eigenvalue weighted by Crippen LogP contribution is -2.30. The van der Waals surface area contributed by atoms with Gasteiger partial charge in [-0.3, -0.25) is 14.4 Å². The summed E-state index contributed by atoms with van der Waals surface area (Å²) in [5, 5.41) is 0. The van der Waals surface area contributed by atoms with Crippen molar-refractivity contribution in [1.82, 2.24) is 0 Å². The zero-order valence-corrected chi connectivity index (χ0v) is 54.9. The fourth-order valence-corrected chi connectivity index (χ4v) is 10.2. The average Bonchev–Trinajstić information content (AvgIpc) is 3.50. The van der Waals surface area contributed by atoms with Crippen molar-refractivity contribution in [1.29, 1.82) is 0 Å². The normalized spacial score (nSPS) is 12.7. The van der Waals surface area contributed by atoms with Crippen LogP contribution in [0.5, 0.6) is 0 Å². The molecule has 478 valence electrons. The number of esters is 3. The van der Waals surface area contributed by atoms with Gasteiger partial charge in [0.2, 0.25) is 0 Å². The van der Waals surface area contributed by atoms with Gasteiger partial charge < -0.3 is 14.2 Å². The summed E-state index contributed by atoms with van der Waals surface area (Å²) >= 11 is 0. The van der Waals surface area contributed by atoms with Gasteiger partial charge in [-0.25, -0.2) is 0 Å². The summed E-state index contributed by atoms with van der Waals surface area (Å²) in [5.74, 6) is -0.897. The Morgan fingerprint density at radius 3 is 0.771 bits per heavy atom. The summed E-state index contributed by atoms with van der Waals surface area (Å²) in [5.41, 5.74) is 0. The lowest BCUT2D eigenvalue weighted by atomic mass is 10.0. The zero-order valence-electron chi connectivity index (χ0n) is 54.9. The van der Waals surface area contributed by atoms with Gasteiger partial charge in [0.1, 0.15) is 13.2 Å². The molecule has 6 heteroatoms. The maximum Gasteiger partial charge on any atom is 0.306 e. The van der Waals surface area contributed by atoms with Crippen molar-refractivity contribution < 1.29 is 28.6 Å². The van der Waals surface area contributed by atoms with Crippen LogP contribution in [0.3, 0.4) is 0 Å². The van der Waals surface area contributed by atoms with E-state index in [2.05, 4.69) is 118 Å². The number of rotatable bonds is 65. The number of hydrogen-bond acceptors (Lipinski definition) is 6. The van der Waals surface area contributed by atoms with E-state index in [1.807, 2.05) is 0 Å². The highest BCUT2D eigenvalue weighted by Gasteiger charge is 2.19. The Morgan fingerprint density at radius 2 is 0.470 bits per heavy atom. The molecule has 0 spiro atoms. The minimum absolute atomic E-state index is 0.0861. The largest absolute Gasteiger partial charge is 0.462 e. The van der Waals surface area contributed by atoms with Crippen molar-refractivity contribution in [2.75, 3.05) is 13.2 Å². The Morgan fingerprint density at radius 1 is 0.253 bits per heavy atom. The summed E-state index contributed by atoms with van der Waals surface area (Å²) in [6, 6.07) is 0. The molecule has 1 atom stereocenters. The van der Waals surface area contributed by atoms with Crippen molar-refractivity contribution in [2.24, 2.45) is 0 Å². The second-order valence-electron chi connectivity index (χ2n) is 23.8. The van der Waals surface area contributed by atoms with Crippen LogP contribution in [0, 0.1) is 0 Å². The molecule has 0 aliphatic rings. The van der Waals surface area contributed by atoms with E-state index < -0.39 is 6.10 Å². The molecule has 0 heterocycles. The first kappa shape index (κ1) is 79.3. The van der Waals surface area contributed by atoms with Gasteiger partial charge in [-0.2, -0.15) is 0 Å². The van der Waals surface area contributed by atoms with Gasteiger partial charge in [0.05, 0.1) is 0 Å². The van der Waals surface area contributed by atoms with Crippen molar-refractivity contribution in [2.45, 2.75) is 361 Å². The van der Waals surface area contributed by atoms with E-state index in [1.165, 1.54) is 199 Å². The van der Waals surface area contributed by atoms with Crippen LogP contribution in [0.15, 0.2) is 97.2 Å². The molecule has 83 heavy (non-hydrogen) atoms. The molecule has 0 bridgehead atoms. The van der Waals surface area contributed by atoms with Gasteiger partial charge in [0, 0.05) is 19.3 Å². The van der Waals surface area contributed by atoms with Crippen molar-refractivity contribution in [3.05, 3.63) is 97.2 Å². The molecule has 0 aliphatic heterocycles. The molecule has 0 rings (SSSR count). The first-order valence-electron chi connectivity index (χ1n) is 35.7. The first-order chi connectivity index (χ1) is 41.0. The Bertz CT molecular complexity index is 1610. The van der Waals surface area contributed by atoms with Crippen LogP contribution in [0.1, 0.15) is 355 Å². The van der Waals surface area contributed by atoms with Crippen molar-refractivity contribution >= 4 is 17.9 Å². The van der Waals surface area contributed by atoms with Crippen molar-refractivity contribution in [3.8, 4) is 0 Å². The molecule has 0 aromatic rings. The Kier molecular flexibility index (Phi) is 67.7. The maximum atomic E-state index is 13.0. The third kappa shape index (κ3) is 69.0. The minimum atomic E-state index is -0.794. The average molecular weight is 1160 g/mol. The SMILES string of the molecule is CC/C=C\C/C=C\C/C=C\C/C=C\CCCCCCCCC(=O)OC(COC(=O)CCCCCCCC/C=C\C/C=C\C/C=C\CCCCC)COC(=O)CCCCCCCCCCCCCCCCC/C=C\CCCCCCCCCC. The predicted molar refractivity (Wildman–Crippen MR) is 362 cm³/mol. The molecule has 1 unspecified atom stereocenters. The topological polar surface area (TPSA) is 78.9 Å². The van der Waals surface area contributed by atoms with Gasteiger partial charge >= 0.3 is 17.9 Å².